The second-order valence-electron chi connectivity index (χ2n) is 4.67. The van der Waals surface area contributed by atoms with Crippen LogP contribution in [0.2, 0.25) is 0 Å². The van der Waals surface area contributed by atoms with Crippen molar-refractivity contribution >= 4 is 41.5 Å². The Morgan fingerprint density at radius 2 is 2.30 bits per heavy atom. The maximum absolute atomic E-state index is 11.6. The van der Waals surface area contributed by atoms with Gasteiger partial charge in [0.2, 0.25) is 5.91 Å². The fourth-order valence-corrected chi connectivity index (χ4v) is 1.80. The number of guanidine groups is 1. The Kier molecular flexibility index (Phi) is 7.27. The molecule has 20 heavy (non-hydrogen) atoms. The van der Waals surface area contributed by atoms with Gasteiger partial charge in [0, 0.05) is 12.7 Å². The number of nitrogens with one attached hydrogen (secondary N) is 2. The average molecular weight is 389 g/mol. The third-order valence-electron chi connectivity index (χ3n) is 3.13. The molecular weight excluding hydrogens is 369 g/mol. The van der Waals surface area contributed by atoms with Crippen molar-refractivity contribution in [3.63, 3.8) is 0 Å². The Bertz CT molecular complexity index is 447. The van der Waals surface area contributed by atoms with E-state index >= 15 is 0 Å². The zero-order valence-electron chi connectivity index (χ0n) is 11.2. The van der Waals surface area contributed by atoms with Gasteiger partial charge in [-0.2, -0.15) is 0 Å². The Morgan fingerprint density at radius 1 is 1.50 bits per heavy atom. The SMILES string of the molecule is I.NC(=NCC(=O)Nc1cccnc1)NCC1CCC1. The summed E-state index contributed by atoms with van der Waals surface area (Å²) < 4.78 is 0. The van der Waals surface area contributed by atoms with Gasteiger partial charge in [0.15, 0.2) is 5.96 Å². The lowest BCUT2D eigenvalue weighted by Crippen LogP contribution is -2.37. The molecule has 0 atom stereocenters. The van der Waals surface area contributed by atoms with Crippen LogP contribution >= 0.6 is 24.0 Å². The number of amides is 1. The van der Waals surface area contributed by atoms with Crippen molar-refractivity contribution in [3.05, 3.63) is 24.5 Å². The second-order valence-corrected chi connectivity index (χ2v) is 4.67. The summed E-state index contributed by atoms with van der Waals surface area (Å²) >= 11 is 0. The van der Waals surface area contributed by atoms with E-state index in [0.29, 0.717) is 17.6 Å². The number of carbonyl (C=O) groups excluding carboxylic acids is 1. The molecule has 1 aliphatic rings. The Morgan fingerprint density at radius 3 is 2.90 bits per heavy atom. The molecule has 0 saturated heterocycles. The van der Waals surface area contributed by atoms with E-state index in [4.69, 9.17) is 5.73 Å². The highest BCUT2D eigenvalue weighted by atomic mass is 127. The summed E-state index contributed by atoms with van der Waals surface area (Å²) in [6, 6.07) is 3.53. The molecule has 0 aromatic carbocycles. The van der Waals surface area contributed by atoms with Crippen molar-refractivity contribution in [2.75, 3.05) is 18.4 Å². The van der Waals surface area contributed by atoms with Crippen LogP contribution in [0.1, 0.15) is 19.3 Å². The molecular formula is C13H20IN5O. The van der Waals surface area contributed by atoms with Crippen molar-refractivity contribution in [1.82, 2.24) is 10.3 Å². The van der Waals surface area contributed by atoms with Gasteiger partial charge in [-0.3, -0.25) is 9.78 Å². The first-order chi connectivity index (χ1) is 9.24. The zero-order chi connectivity index (χ0) is 13.5. The molecule has 6 nitrogen and oxygen atoms in total. The summed E-state index contributed by atoms with van der Waals surface area (Å²) in [6.45, 7) is 0.859. The van der Waals surface area contributed by atoms with E-state index in [1.807, 2.05) is 0 Å². The Labute approximate surface area is 135 Å². The highest BCUT2D eigenvalue weighted by molar-refractivity contribution is 14.0. The van der Waals surface area contributed by atoms with Crippen molar-refractivity contribution in [1.29, 1.82) is 0 Å². The fourth-order valence-electron chi connectivity index (χ4n) is 1.80. The van der Waals surface area contributed by atoms with Gasteiger partial charge in [0.1, 0.15) is 6.54 Å². The zero-order valence-corrected chi connectivity index (χ0v) is 13.5. The van der Waals surface area contributed by atoms with Crippen LogP contribution in [0.4, 0.5) is 5.69 Å². The van der Waals surface area contributed by atoms with E-state index in [-0.39, 0.29) is 36.4 Å². The van der Waals surface area contributed by atoms with Crippen LogP contribution in [0, 0.1) is 5.92 Å². The number of hydrogen-bond donors (Lipinski definition) is 3. The summed E-state index contributed by atoms with van der Waals surface area (Å²) in [5, 5.41) is 5.73. The predicted molar refractivity (Wildman–Crippen MR) is 90.1 cm³/mol. The molecule has 1 amide bonds. The van der Waals surface area contributed by atoms with E-state index in [2.05, 4.69) is 20.6 Å². The number of nitrogens with zero attached hydrogens (tertiary/aromatic N) is 2. The Balaban J connectivity index is 0.00000200. The van der Waals surface area contributed by atoms with Crippen molar-refractivity contribution in [3.8, 4) is 0 Å². The van der Waals surface area contributed by atoms with Gasteiger partial charge in [-0.25, -0.2) is 4.99 Å². The van der Waals surface area contributed by atoms with Crippen molar-refractivity contribution in [2.24, 2.45) is 16.6 Å². The number of carbonyl (C=O) groups is 1. The number of hydrogen-bond acceptors (Lipinski definition) is 3. The van der Waals surface area contributed by atoms with Crippen LogP contribution in [-0.4, -0.2) is 29.9 Å². The van der Waals surface area contributed by atoms with E-state index in [1.54, 1.807) is 24.5 Å². The summed E-state index contributed by atoms with van der Waals surface area (Å²) in [6.07, 6.45) is 7.04. The quantitative estimate of drug-likeness (QED) is 0.403. The van der Waals surface area contributed by atoms with Gasteiger partial charge in [-0.15, -0.1) is 24.0 Å². The van der Waals surface area contributed by atoms with Crippen LogP contribution in [-0.2, 0) is 4.79 Å². The number of pyridine rings is 1. The molecule has 0 aliphatic heterocycles. The third-order valence-corrected chi connectivity index (χ3v) is 3.13. The van der Waals surface area contributed by atoms with Gasteiger partial charge in [0.05, 0.1) is 11.9 Å². The van der Waals surface area contributed by atoms with Crippen LogP contribution in [0.25, 0.3) is 0 Å². The first-order valence-corrected chi connectivity index (χ1v) is 6.47. The molecule has 7 heteroatoms. The maximum Gasteiger partial charge on any atom is 0.246 e. The first kappa shape index (κ1) is 16.7. The number of rotatable bonds is 5. The van der Waals surface area contributed by atoms with Crippen molar-refractivity contribution in [2.45, 2.75) is 19.3 Å². The minimum Gasteiger partial charge on any atom is -0.370 e. The fraction of sp³-hybridized carbons (Fsp3) is 0.462. The minimum absolute atomic E-state index is 0. The average Bonchev–Trinajstić information content (AvgIpc) is 2.36. The molecule has 1 saturated carbocycles. The number of nitrogens with two attached hydrogens (primary N) is 1. The normalized spacial score (nSPS) is 14.9. The molecule has 0 bridgehead atoms. The van der Waals surface area contributed by atoms with Gasteiger partial charge in [0.25, 0.3) is 0 Å². The lowest BCUT2D eigenvalue weighted by Gasteiger charge is -2.25. The summed E-state index contributed by atoms with van der Waals surface area (Å²) in [5.41, 5.74) is 6.35. The summed E-state index contributed by atoms with van der Waals surface area (Å²) in [5.74, 6) is 0.826. The minimum atomic E-state index is -0.207. The lowest BCUT2D eigenvalue weighted by molar-refractivity contribution is -0.114. The van der Waals surface area contributed by atoms with Crippen LogP contribution < -0.4 is 16.4 Å². The molecule has 2 rings (SSSR count). The third kappa shape index (κ3) is 5.72. The second kappa shape index (κ2) is 8.72. The molecule has 0 radical (unpaired) electrons. The van der Waals surface area contributed by atoms with E-state index < -0.39 is 0 Å². The molecule has 4 N–H and O–H groups in total. The van der Waals surface area contributed by atoms with Crippen LogP contribution in [0.15, 0.2) is 29.5 Å². The van der Waals surface area contributed by atoms with E-state index in [9.17, 15) is 4.79 Å². The van der Waals surface area contributed by atoms with Gasteiger partial charge < -0.3 is 16.4 Å². The molecule has 0 spiro atoms. The standard InChI is InChI=1S/C13H19N5O.HI/c14-13(16-7-10-3-1-4-10)17-9-12(19)18-11-5-2-6-15-8-11;/h2,5-6,8,10H,1,3-4,7,9H2,(H,18,19)(H3,14,16,17);1H. The summed E-state index contributed by atoms with van der Waals surface area (Å²) in [4.78, 5) is 19.5. The van der Waals surface area contributed by atoms with Crippen LogP contribution in [0.3, 0.4) is 0 Å². The van der Waals surface area contributed by atoms with E-state index in [0.717, 1.165) is 6.54 Å². The number of anilines is 1. The highest BCUT2D eigenvalue weighted by Gasteiger charge is 2.16. The Hall–Kier alpha value is -1.38. The van der Waals surface area contributed by atoms with Crippen LogP contribution in [0.5, 0.6) is 0 Å². The molecule has 1 aliphatic carbocycles. The van der Waals surface area contributed by atoms with Gasteiger partial charge >= 0.3 is 0 Å². The largest absolute Gasteiger partial charge is 0.370 e. The number of halogens is 1. The molecule has 1 fully saturated rings. The monoisotopic (exact) mass is 389 g/mol. The predicted octanol–water partition coefficient (Wildman–Crippen LogP) is 1.34. The van der Waals surface area contributed by atoms with Gasteiger partial charge in [-0.05, 0) is 30.9 Å². The lowest BCUT2D eigenvalue weighted by atomic mass is 9.85. The molecule has 110 valence electrons. The molecule has 1 aromatic heterocycles. The van der Waals surface area contributed by atoms with Gasteiger partial charge in [-0.1, -0.05) is 6.42 Å². The van der Waals surface area contributed by atoms with E-state index in [1.165, 1.54) is 19.3 Å². The maximum atomic E-state index is 11.6. The smallest absolute Gasteiger partial charge is 0.246 e. The molecule has 0 unspecified atom stereocenters. The highest BCUT2D eigenvalue weighted by Crippen LogP contribution is 2.24. The molecule has 1 aromatic rings. The number of aliphatic imine (C=N–C) groups is 1. The first-order valence-electron chi connectivity index (χ1n) is 6.47. The topological polar surface area (TPSA) is 92.4 Å². The van der Waals surface area contributed by atoms with Crippen molar-refractivity contribution < 1.29 is 4.79 Å². The number of aromatic nitrogens is 1. The summed E-state index contributed by atoms with van der Waals surface area (Å²) in [7, 11) is 0. The molecule has 1 heterocycles.